The van der Waals surface area contributed by atoms with Crippen LogP contribution in [0, 0.1) is 11.3 Å². The van der Waals surface area contributed by atoms with Crippen LogP contribution in [-0.2, 0) is 10.0 Å². The molecule has 1 atom stereocenters. The van der Waals surface area contributed by atoms with E-state index in [2.05, 4.69) is 0 Å². The maximum atomic E-state index is 12.5. The summed E-state index contributed by atoms with van der Waals surface area (Å²) in [5, 5.41) is 8.96. The summed E-state index contributed by atoms with van der Waals surface area (Å²) < 4.78 is 26.3. The number of halogens is 1. The number of benzene rings is 1. The summed E-state index contributed by atoms with van der Waals surface area (Å²) in [6.07, 6.45) is 1.80. The molecule has 7 heteroatoms. The predicted octanol–water partition coefficient (Wildman–Crippen LogP) is 1.67. The van der Waals surface area contributed by atoms with Gasteiger partial charge in [0.2, 0.25) is 10.0 Å². The summed E-state index contributed by atoms with van der Waals surface area (Å²) in [7, 11) is -3.75. The molecule has 1 saturated heterocycles. The molecule has 1 fully saturated rings. The molecule has 0 radical (unpaired) electrons. The average molecular weight is 300 g/mol. The summed E-state index contributed by atoms with van der Waals surface area (Å²) >= 11 is 5.95. The van der Waals surface area contributed by atoms with E-state index in [9.17, 15) is 8.42 Å². The molecule has 0 aromatic heterocycles. The standard InChI is InChI=1S/C12H14ClN3O2S/c13-10-5-4-9(8-14)7-11(10)19(17,18)16-6-2-1-3-12(16)15/h4-5,7,12H,1-3,6,15H2. The third-order valence-corrected chi connectivity index (χ3v) is 5.55. The van der Waals surface area contributed by atoms with E-state index in [0.29, 0.717) is 13.0 Å². The third kappa shape index (κ3) is 2.74. The Kier molecular flexibility index (Phi) is 4.11. The molecule has 1 aromatic rings. The fraction of sp³-hybridized carbons (Fsp3) is 0.417. The highest BCUT2D eigenvalue weighted by Crippen LogP contribution is 2.28. The first-order valence-corrected chi connectivity index (χ1v) is 7.75. The minimum atomic E-state index is -3.75. The minimum absolute atomic E-state index is 0.0504. The molecule has 0 bridgehead atoms. The number of nitriles is 1. The van der Waals surface area contributed by atoms with Crippen LogP contribution in [0.2, 0.25) is 5.02 Å². The van der Waals surface area contributed by atoms with Gasteiger partial charge in [-0.05, 0) is 37.5 Å². The third-order valence-electron chi connectivity index (χ3n) is 3.15. The highest BCUT2D eigenvalue weighted by atomic mass is 35.5. The van der Waals surface area contributed by atoms with Crippen molar-refractivity contribution in [2.75, 3.05) is 6.54 Å². The van der Waals surface area contributed by atoms with Gasteiger partial charge in [0.15, 0.2) is 0 Å². The van der Waals surface area contributed by atoms with Crippen LogP contribution in [0.1, 0.15) is 24.8 Å². The number of rotatable bonds is 2. The fourth-order valence-electron chi connectivity index (χ4n) is 2.13. The zero-order chi connectivity index (χ0) is 14.0. The molecule has 102 valence electrons. The molecule has 2 rings (SSSR count). The normalized spacial score (nSPS) is 21.0. The van der Waals surface area contributed by atoms with Crippen LogP contribution in [0.5, 0.6) is 0 Å². The SMILES string of the molecule is N#Cc1ccc(Cl)c(S(=O)(=O)N2CCCCC2N)c1. The molecule has 1 heterocycles. The number of hydrogen-bond donors (Lipinski definition) is 1. The smallest absolute Gasteiger partial charge is 0.245 e. The van der Waals surface area contributed by atoms with Crippen LogP contribution >= 0.6 is 11.6 Å². The number of nitrogens with zero attached hydrogens (tertiary/aromatic N) is 2. The van der Waals surface area contributed by atoms with Crippen LogP contribution in [0.15, 0.2) is 23.1 Å². The summed E-state index contributed by atoms with van der Waals surface area (Å²) in [6, 6.07) is 6.10. The molecule has 1 aromatic carbocycles. The van der Waals surface area contributed by atoms with Crippen LogP contribution in [0.4, 0.5) is 0 Å². The van der Waals surface area contributed by atoms with E-state index >= 15 is 0 Å². The highest BCUT2D eigenvalue weighted by Gasteiger charge is 2.32. The van der Waals surface area contributed by atoms with Gasteiger partial charge < -0.3 is 5.73 Å². The maximum absolute atomic E-state index is 12.5. The molecule has 0 amide bonds. The lowest BCUT2D eigenvalue weighted by molar-refractivity contribution is 0.258. The monoisotopic (exact) mass is 299 g/mol. The first-order chi connectivity index (χ1) is 8.96. The van der Waals surface area contributed by atoms with Crippen molar-refractivity contribution in [2.24, 2.45) is 5.73 Å². The minimum Gasteiger partial charge on any atom is -0.315 e. The van der Waals surface area contributed by atoms with Gasteiger partial charge in [-0.25, -0.2) is 8.42 Å². The van der Waals surface area contributed by atoms with Gasteiger partial charge in [0.05, 0.1) is 22.8 Å². The Morgan fingerprint density at radius 3 is 2.79 bits per heavy atom. The summed E-state index contributed by atoms with van der Waals surface area (Å²) in [6.45, 7) is 0.386. The molecule has 19 heavy (non-hydrogen) atoms. The Morgan fingerprint density at radius 2 is 2.16 bits per heavy atom. The van der Waals surface area contributed by atoms with Crippen molar-refractivity contribution in [3.05, 3.63) is 28.8 Å². The zero-order valence-electron chi connectivity index (χ0n) is 10.2. The molecule has 1 unspecified atom stereocenters. The van der Waals surface area contributed by atoms with E-state index in [1.54, 1.807) is 0 Å². The van der Waals surface area contributed by atoms with Crippen molar-refractivity contribution in [2.45, 2.75) is 30.3 Å². The Morgan fingerprint density at radius 1 is 1.42 bits per heavy atom. The Hall–Kier alpha value is -1.13. The van der Waals surface area contributed by atoms with E-state index in [0.717, 1.165) is 12.8 Å². The summed E-state index contributed by atoms with van der Waals surface area (Å²) in [5.41, 5.74) is 6.12. The topological polar surface area (TPSA) is 87.2 Å². The largest absolute Gasteiger partial charge is 0.315 e. The van der Waals surface area contributed by atoms with Crippen molar-refractivity contribution in [1.29, 1.82) is 5.26 Å². The molecule has 1 aliphatic rings. The van der Waals surface area contributed by atoms with Crippen LogP contribution in [0.25, 0.3) is 0 Å². The van der Waals surface area contributed by atoms with E-state index < -0.39 is 16.2 Å². The Labute approximate surface area is 117 Å². The summed E-state index contributed by atoms with van der Waals surface area (Å²) in [5.74, 6) is 0. The predicted molar refractivity (Wildman–Crippen MR) is 71.9 cm³/mol. The second-order valence-corrected chi connectivity index (χ2v) is 6.70. The van der Waals surface area contributed by atoms with Crippen molar-refractivity contribution in [3.8, 4) is 6.07 Å². The van der Waals surface area contributed by atoms with Gasteiger partial charge in [0.25, 0.3) is 0 Å². The van der Waals surface area contributed by atoms with Gasteiger partial charge in [0, 0.05) is 6.54 Å². The fourth-order valence-corrected chi connectivity index (χ4v) is 4.21. The second-order valence-electron chi connectivity index (χ2n) is 4.44. The quantitative estimate of drug-likeness (QED) is 0.900. The van der Waals surface area contributed by atoms with Gasteiger partial charge in [0.1, 0.15) is 4.90 Å². The number of piperidine rings is 1. The van der Waals surface area contributed by atoms with Gasteiger partial charge >= 0.3 is 0 Å². The van der Waals surface area contributed by atoms with Crippen molar-refractivity contribution in [3.63, 3.8) is 0 Å². The zero-order valence-corrected chi connectivity index (χ0v) is 11.8. The molecule has 0 spiro atoms. The van der Waals surface area contributed by atoms with Gasteiger partial charge in [-0.2, -0.15) is 9.57 Å². The van der Waals surface area contributed by atoms with Crippen LogP contribution < -0.4 is 5.73 Å². The van der Waals surface area contributed by atoms with Gasteiger partial charge in [-0.3, -0.25) is 0 Å². The van der Waals surface area contributed by atoms with Crippen LogP contribution in [-0.4, -0.2) is 25.4 Å². The molecule has 2 N–H and O–H groups in total. The lowest BCUT2D eigenvalue weighted by Gasteiger charge is -2.32. The van der Waals surface area contributed by atoms with Crippen molar-refractivity contribution < 1.29 is 8.42 Å². The average Bonchev–Trinajstić information content (AvgIpc) is 2.39. The second kappa shape index (κ2) is 5.47. The first kappa shape index (κ1) is 14.3. The lowest BCUT2D eigenvalue weighted by atomic mass is 10.1. The van der Waals surface area contributed by atoms with Crippen molar-refractivity contribution >= 4 is 21.6 Å². The van der Waals surface area contributed by atoms with E-state index in [4.69, 9.17) is 22.6 Å². The van der Waals surface area contributed by atoms with E-state index in [-0.39, 0.29) is 15.5 Å². The highest BCUT2D eigenvalue weighted by molar-refractivity contribution is 7.89. The molecule has 0 aliphatic carbocycles. The number of hydrogen-bond acceptors (Lipinski definition) is 4. The maximum Gasteiger partial charge on any atom is 0.245 e. The molecule has 0 saturated carbocycles. The molecule has 5 nitrogen and oxygen atoms in total. The lowest BCUT2D eigenvalue weighted by Crippen LogP contribution is -2.48. The van der Waals surface area contributed by atoms with Crippen molar-refractivity contribution in [1.82, 2.24) is 4.31 Å². The van der Waals surface area contributed by atoms with Gasteiger partial charge in [-0.15, -0.1) is 0 Å². The number of nitrogens with two attached hydrogens (primary N) is 1. The molecular weight excluding hydrogens is 286 g/mol. The van der Waals surface area contributed by atoms with E-state index in [1.165, 1.54) is 22.5 Å². The Bertz CT molecular complexity index is 624. The van der Waals surface area contributed by atoms with Crippen LogP contribution in [0.3, 0.4) is 0 Å². The van der Waals surface area contributed by atoms with E-state index in [1.807, 2.05) is 6.07 Å². The molecule has 1 aliphatic heterocycles. The first-order valence-electron chi connectivity index (χ1n) is 5.94. The number of sulfonamides is 1. The van der Waals surface area contributed by atoms with Gasteiger partial charge in [-0.1, -0.05) is 11.6 Å². The summed E-state index contributed by atoms with van der Waals surface area (Å²) in [4.78, 5) is -0.0504. The molecular formula is C12H14ClN3O2S. The Balaban J connectivity index is 2.47.